The Morgan fingerprint density at radius 1 is 0.867 bits per heavy atom. The fourth-order valence-electron chi connectivity index (χ4n) is 0.654. The van der Waals surface area contributed by atoms with E-state index in [1.54, 1.807) is 0 Å². The van der Waals surface area contributed by atoms with Gasteiger partial charge in [0.05, 0.1) is 13.2 Å². The van der Waals surface area contributed by atoms with Crippen molar-refractivity contribution in [1.29, 1.82) is 0 Å². The molecule has 15 heavy (non-hydrogen) atoms. The van der Waals surface area contributed by atoms with Gasteiger partial charge in [-0.3, -0.25) is 0 Å². The summed E-state index contributed by atoms with van der Waals surface area (Å²) in [6.45, 7) is -1.18. The highest BCUT2D eigenvalue weighted by atomic mass is 19.4. The van der Waals surface area contributed by atoms with Crippen molar-refractivity contribution in [3.8, 4) is 0 Å². The van der Waals surface area contributed by atoms with E-state index in [2.05, 4.69) is 9.47 Å². The summed E-state index contributed by atoms with van der Waals surface area (Å²) in [4.78, 5) is 0. The molecular weight excluding hydrogens is 230 g/mol. The van der Waals surface area contributed by atoms with Crippen LogP contribution in [0.4, 0.5) is 26.3 Å². The molecule has 92 valence electrons. The van der Waals surface area contributed by atoms with Crippen LogP contribution in [0.3, 0.4) is 0 Å². The van der Waals surface area contributed by atoms with E-state index in [0.29, 0.717) is 0 Å². The van der Waals surface area contributed by atoms with Crippen molar-refractivity contribution >= 4 is 0 Å². The van der Waals surface area contributed by atoms with Crippen molar-refractivity contribution in [2.75, 3.05) is 20.3 Å². The fourth-order valence-corrected chi connectivity index (χ4v) is 0.654. The van der Waals surface area contributed by atoms with Crippen molar-refractivity contribution < 1.29 is 35.8 Å². The SMILES string of the molecule is COCCOC(C)(C(F)(F)F)C(F)(F)F. The molecule has 0 spiro atoms. The maximum Gasteiger partial charge on any atom is 0.426 e. The topological polar surface area (TPSA) is 18.5 Å². The first-order valence-corrected chi connectivity index (χ1v) is 3.82. The second-order valence-corrected chi connectivity index (χ2v) is 2.87. The Morgan fingerprint density at radius 2 is 1.27 bits per heavy atom. The van der Waals surface area contributed by atoms with Crippen LogP contribution in [0.2, 0.25) is 0 Å². The molecule has 0 aromatic rings. The van der Waals surface area contributed by atoms with Gasteiger partial charge < -0.3 is 9.47 Å². The third-order valence-corrected chi connectivity index (χ3v) is 1.76. The minimum absolute atomic E-state index is 0.0529. The van der Waals surface area contributed by atoms with Gasteiger partial charge in [-0.2, -0.15) is 26.3 Å². The average Bonchev–Trinajstić information content (AvgIpc) is 2.00. The highest BCUT2D eigenvalue weighted by Gasteiger charge is 2.69. The Balaban J connectivity index is 4.74. The molecule has 0 rings (SSSR count). The zero-order chi connectivity index (χ0) is 12.3. The Labute approximate surface area is 82.1 Å². The average molecular weight is 240 g/mol. The Kier molecular flexibility index (Phi) is 4.41. The highest BCUT2D eigenvalue weighted by Crippen LogP contribution is 2.45. The van der Waals surface area contributed by atoms with Gasteiger partial charge in [0.15, 0.2) is 0 Å². The van der Waals surface area contributed by atoms with Gasteiger partial charge in [-0.25, -0.2) is 0 Å². The molecule has 8 heteroatoms. The van der Waals surface area contributed by atoms with Gasteiger partial charge in [-0.15, -0.1) is 0 Å². The quantitative estimate of drug-likeness (QED) is 0.555. The molecule has 0 saturated carbocycles. The Hall–Kier alpha value is -0.500. The van der Waals surface area contributed by atoms with Crippen molar-refractivity contribution in [1.82, 2.24) is 0 Å². The molecule has 0 amide bonds. The molecule has 0 aromatic heterocycles. The van der Waals surface area contributed by atoms with Crippen LogP contribution in [-0.4, -0.2) is 38.3 Å². The summed E-state index contributed by atoms with van der Waals surface area (Å²) in [5.74, 6) is 0. The van der Waals surface area contributed by atoms with Crippen LogP contribution in [0.1, 0.15) is 6.92 Å². The van der Waals surface area contributed by atoms with Crippen LogP contribution < -0.4 is 0 Å². The summed E-state index contributed by atoms with van der Waals surface area (Å²) in [5, 5.41) is 0. The monoisotopic (exact) mass is 240 g/mol. The smallest absolute Gasteiger partial charge is 0.382 e. The standard InChI is InChI=1S/C7H10F6O2/c1-5(6(8,9)10,7(11,12)13)15-4-3-14-2/h3-4H2,1-2H3. The van der Waals surface area contributed by atoms with Crippen LogP contribution >= 0.6 is 0 Å². The molecule has 0 aliphatic heterocycles. The van der Waals surface area contributed by atoms with Crippen molar-refractivity contribution in [3.63, 3.8) is 0 Å². The molecule has 2 nitrogen and oxygen atoms in total. The summed E-state index contributed by atoms with van der Waals surface area (Å²) in [6.07, 6.45) is -11.0. The first-order chi connectivity index (χ1) is 6.56. The number of hydrogen-bond acceptors (Lipinski definition) is 2. The molecule has 0 saturated heterocycles. The highest BCUT2D eigenvalue weighted by molar-refractivity contribution is 4.91. The Morgan fingerprint density at radius 3 is 1.53 bits per heavy atom. The summed E-state index contributed by atoms with van der Waals surface area (Å²) in [6, 6.07) is 0. The lowest BCUT2D eigenvalue weighted by Gasteiger charge is -2.33. The minimum Gasteiger partial charge on any atom is -0.382 e. The van der Waals surface area contributed by atoms with E-state index in [4.69, 9.17) is 0 Å². The number of methoxy groups -OCH3 is 1. The van der Waals surface area contributed by atoms with Crippen molar-refractivity contribution in [2.45, 2.75) is 24.9 Å². The van der Waals surface area contributed by atoms with Gasteiger partial charge in [0.1, 0.15) is 0 Å². The van der Waals surface area contributed by atoms with E-state index in [-0.39, 0.29) is 13.5 Å². The summed E-state index contributed by atoms with van der Waals surface area (Å²) >= 11 is 0. The fraction of sp³-hybridized carbons (Fsp3) is 1.00. The number of ether oxygens (including phenoxy) is 2. The second kappa shape index (κ2) is 4.56. The molecule has 0 atom stereocenters. The van der Waals surface area contributed by atoms with E-state index in [1.807, 2.05) is 0 Å². The van der Waals surface area contributed by atoms with Crippen LogP contribution in [0.5, 0.6) is 0 Å². The van der Waals surface area contributed by atoms with E-state index >= 15 is 0 Å². The summed E-state index contributed by atoms with van der Waals surface area (Å²) in [5.41, 5.74) is -4.15. The second-order valence-electron chi connectivity index (χ2n) is 2.87. The van der Waals surface area contributed by atoms with Gasteiger partial charge in [0, 0.05) is 7.11 Å². The van der Waals surface area contributed by atoms with Crippen LogP contribution in [0.15, 0.2) is 0 Å². The largest absolute Gasteiger partial charge is 0.426 e. The molecule has 0 N–H and O–H groups in total. The van der Waals surface area contributed by atoms with E-state index in [1.165, 1.54) is 0 Å². The molecule has 0 aliphatic carbocycles. The van der Waals surface area contributed by atoms with Gasteiger partial charge in [0.2, 0.25) is 0 Å². The maximum absolute atomic E-state index is 12.1. The first kappa shape index (κ1) is 14.5. The normalized spacial score (nSPS) is 14.4. The number of rotatable bonds is 4. The predicted molar refractivity (Wildman–Crippen MR) is 38.3 cm³/mol. The van der Waals surface area contributed by atoms with E-state index in [9.17, 15) is 26.3 Å². The summed E-state index contributed by atoms with van der Waals surface area (Å²) in [7, 11) is 1.14. The molecule has 0 unspecified atom stereocenters. The minimum atomic E-state index is -5.51. The third kappa shape index (κ3) is 3.23. The zero-order valence-electron chi connectivity index (χ0n) is 8.00. The lowest BCUT2D eigenvalue weighted by Crippen LogP contribution is -2.56. The first-order valence-electron chi connectivity index (χ1n) is 3.82. The molecular formula is C7H10F6O2. The molecule has 0 aromatic carbocycles. The van der Waals surface area contributed by atoms with Crippen LogP contribution in [0.25, 0.3) is 0 Å². The summed E-state index contributed by atoms with van der Waals surface area (Å²) < 4.78 is 81.0. The molecule has 0 radical (unpaired) electrons. The van der Waals surface area contributed by atoms with Gasteiger partial charge >= 0.3 is 12.4 Å². The number of hydrogen-bond donors (Lipinski definition) is 0. The molecule has 0 heterocycles. The molecule has 0 aliphatic rings. The number of halogens is 6. The Bertz CT molecular complexity index is 183. The molecule has 0 fully saturated rings. The van der Waals surface area contributed by atoms with Crippen LogP contribution in [0, 0.1) is 0 Å². The lowest BCUT2D eigenvalue weighted by molar-refractivity contribution is -0.374. The van der Waals surface area contributed by atoms with Gasteiger partial charge in [-0.05, 0) is 6.92 Å². The van der Waals surface area contributed by atoms with Crippen molar-refractivity contribution in [2.24, 2.45) is 0 Å². The van der Waals surface area contributed by atoms with E-state index < -0.39 is 24.6 Å². The lowest BCUT2D eigenvalue weighted by atomic mass is 10.1. The van der Waals surface area contributed by atoms with Gasteiger partial charge in [-0.1, -0.05) is 0 Å². The maximum atomic E-state index is 12.1. The van der Waals surface area contributed by atoms with Gasteiger partial charge in [0.25, 0.3) is 5.60 Å². The predicted octanol–water partition coefficient (Wildman–Crippen LogP) is 2.53. The molecule has 0 bridgehead atoms. The van der Waals surface area contributed by atoms with E-state index in [0.717, 1.165) is 7.11 Å². The zero-order valence-corrected chi connectivity index (χ0v) is 8.00. The van der Waals surface area contributed by atoms with Crippen molar-refractivity contribution in [3.05, 3.63) is 0 Å². The van der Waals surface area contributed by atoms with Crippen LogP contribution in [-0.2, 0) is 9.47 Å². The third-order valence-electron chi connectivity index (χ3n) is 1.76. The number of alkyl halides is 6.